The third kappa shape index (κ3) is 3.15. The van der Waals surface area contributed by atoms with Crippen molar-refractivity contribution in [3.63, 3.8) is 0 Å². The van der Waals surface area contributed by atoms with E-state index >= 15 is 0 Å². The lowest BCUT2D eigenvalue weighted by molar-refractivity contribution is 0.279. The lowest BCUT2D eigenvalue weighted by Gasteiger charge is -2.28. The van der Waals surface area contributed by atoms with Crippen LogP contribution in [-0.2, 0) is 0 Å². The average molecular weight is 282 g/mol. The molecule has 0 aromatic heterocycles. The van der Waals surface area contributed by atoms with Crippen LogP contribution < -0.4 is 15.4 Å². The van der Waals surface area contributed by atoms with Crippen molar-refractivity contribution in [1.82, 2.24) is 0 Å². The van der Waals surface area contributed by atoms with Gasteiger partial charge in [0.25, 0.3) is 0 Å². The Morgan fingerprint density at radius 1 is 1.50 bits per heavy atom. The molecule has 2 rings (SSSR count). The van der Waals surface area contributed by atoms with Crippen LogP contribution in [-0.4, -0.2) is 30.9 Å². The summed E-state index contributed by atoms with van der Waals surface area (Å²) in [5.41, 5.74) is 7.26. The van der Waals surface area contributed by atoms with Gasteiger partial charge in [-0.15, -0.1) is 0 Å². The lowest BCUT2D eigenvalue weighted by atomic mass is 10.1. The molecule has 1 atom stereocenters. The Morgan fingerprint density at radius 2 is 2.30 bits per heavy atom. The number of nitrogen functional groups attached to an aromatic ring is 1. The minimum Gasteiger partial charge on any atom is -0.491 e. The molecule has 1 aliphatic rings. The van der Waals surface area contributed by atoms with Gasteiger partial charge in [0.05, 0.1) is 18.0 Å². The lowest BCUT2D eigenvalue weighted by Crippen LogP contribution is -2.30. The Labute approximate surface area is 119 Å². The zero-order valence-corrected chi connectivity index (χ0v) is 11.9. The molecule has 20 heavy (non-hydrogen) atoms. The number of hydrogen-bond donors (Lipinski definition) is 2. The number of aliphatic hydroxyl groups excluding tert-OH is 1. The third-order valence-electron chi connectivity index (χ3n) is 3.76. The van der Waals surface area contributed by atoms with Crippen molar-refractivity contribution in [2.45, 2.75) is 38.6 Å². The van der Waals surface area contributed by atoms with Crippen molar-refractivity contribution in [3.8, 4) is 5.75 Å². The van der Waals surface area contributed by atoms with E-state index in [-0.39, 0.29) is 12.4 Å². The van der Waals surface area contributed by atoms with Gasteiger partial charge in [-0.25, -0.2) is 4.39 Å². The monoisotopic (exact) mass is 282 g/mol. The highest BCUT2D eigenvalue weighted by Crippen LogP contribution is 2.36. The fourth-order valence-corrected chi connectivity index (χ4v) is 2.85. The fraction of sp³-hybridized carbons (Fsp3) is 0.600. The summed E-state index contributed by atoms with van der Waals surface area (Å²) >= 11 is 0. The van der Waals surface area contributed by atoms with E-state index in [2.05, 4.69) is 4.90 Å². The summed E-state index contributed by atoms with van der Waals surface area (Å²) in [5.74, 6) is -0.163. The van der Waals surface area contributed by atoms with Crippen molar-refractivity contribution < 1.29 is 14.2 Å². The summed E-state index contributed by atoms with van der Waals surface area (Å²) in [6.07, 6.45) is 3.88. The van der Waals surface area contributed by atoms with E-state index < -0.39 is 5.82 Å². The van der Waals surface area contributed by atoms with Crippen molar-refractivity contribution in [2.75, 3.05) is 30.4 Å². The number of rotatable bonds is 6. The van der Waals surface area contributed by atoms with Crippen LogP contribution in [0.4, 0.5) is 15.8 Å². The summed E-state index contributed by atoms with van der Waals surface area (Å²) in [5, 5.41) is 8.98. The van der Waals surface area contributed by atoms with Crippen LogP contribution in [0, 0.1) is 5.82 Å². The van der Waals surface area contributed by atoms with Crippen LogP contribution in [0.1, 0.15) is 32.6 Å². The van der Waals surface area contributed by atoms with E-state index in [9.17, 15) is 4.39 Å². The molecule has 1 aromatic carbocycles. The number of halogens is 1. The summed E-state index contributed by atoms with van der Waals surface area (Å²) in [4.78, 5) is 2.22. The summed E-state index contributed by atoms with van der Waals surface area (Å²) in [7, 11) is 0. The standard InChI is InChI=1S/C15H23FN2O2/c1-2-20-15-10-14(13(17)9-12(15)16)18-7-3-5-11(18)6-4-8-19/h9-11,19H,2-8,17H2,1H3. The highest BCUT2D eigenvalue weighted by molar-refractivity contribution is 5.70. The summed E-state index contributed by atoms with van der Waals surface area (Å²) < 4.78 is 19.1. The second-order valence-corrected chi connectivity index (χ2v) is 5.13. The summed E-state index contributed by atoms with van der Waals surface area (Å²) in [6.45, 7) is 3.37. The van der Waals surface area contributed by atoms with Gasteiger partial charge in [-0.3, -0.25) is 0 Å². The minimum absolute atomic E-state index is 0.202. The highest BCUT2D eigenvalue weighted by atomic mass is 19.1. The first kappa shape index (κ1) is 14.9. The number of ether oxygens (including phenoxy) is 1. The topological polar surface area (TPSA) is 58.7 Å². The molecule has 1 saturated heterocycles. The molecular formula is C15H23FN2O2. The Kier molecular flexibility index (Phi) is 5.06. The molecule has 1 heterocycles. The quantitative estimate of drug-likeness (QED) is 0.787. The molecule has 4 nitrogen and oxygen atoms in total. The van der Waals surface area contributed by atoms with Crippen LogP contribution in [0.3, 0.4) is 0 Å². The summed E-state index contributed by atoms with van der Waals surface area (Å²) in [6, 6.07) is 3.40. The molecule has 1 unspecified atom stereocenters. The molecule has 0 radical (unpaired) electrons. The van der Waals surface area contributed by atoms with Gasteiger partial charge in [0.1, 0.15) is 0 Å². The van der Waals surface area contributed by atoms with Crippen molar-refractivity contribution in [3.05, 3.63) is 17.9 Å². The van der Waals surface area contributed by atoms with E-state index in [0.717, 1.165) is 37.9 Å². The maximum absolute atomic E-state index is 13.7. The molecule has 1 aromatic rings. The van der Waals surface area contributed by atoms with Gasteiger partial charge in [-0.2, -0.15) is 0 Å². The van der Waals surface area contributed by atoms with Crippen LogP contribution in [0.2, 0.25) is 0 Å². The molecule has 0 bridgehead atoms. The second-order valence-electron chi connectivity index (χ2n) is 5.13. The largest absolute Gasteiger partial charge is 0.491 e. The van der Waals surface area contributed by atoms with E-state index in [1.165, 1.54) is 6.07 Å². The molecule has 0 spiro atoms. The van der Waals surface area contributed by atoms with Crippen molar-refractivity contribution in [1.29, 1.82) is 0 Å². The molecular weight excluding hydrogens is 259 g/mol. The maximum atomic E-state index is 13.7. The highest BCUT2D eigenvalue weighted by Gasteiger charge is 2.26. The Bertz CT molecular complexity index is 454. The minimum atomic E-state index is -0.417. The van der Waals surface area contributed by atoms with Gasteiger partial charge in [0.2, 0.25) is 0 Å². The first-order chi connectivity index (χ1) is 9.67. The number of benzene rings is 1. The molecule has 1 aliphatic heterocycles. The first-order valence-corrected chi connectivity index (χ1v) is 7.26. The van der Waals surface area contributed by atoms with E-state index in [1.54, 1.807) is 6.07 Å². The molecule has 5 heteroatoms. The SMILES string of the molecule is CCOc1cc(N2CCCC2CCCO)c(N)cc1F. The van der Waals surface area contributed by atoms with E-state index in [0.29, 0.717) is 18.3 Å². The smallest absolute Gasteiger partial charge is 0.167 e. The molecule has 1 fully saturated rings. The van der Waals surface area contributed by atoms with Crippen molar-refractivity contribution >= 4 is 11.4 Å². The van der Waals surface area contributed by atoms with Gasteiger partial charge in [0, 0.05) is 31.3 Å². The van der Waals surface area contributed by atoms with E-state index in [4.69, 9.17) is 15.6 Å². The fourth-order valence-electron chi connectivity index (χ4n) is 2.85. The Morgan fingerprint density at radius 3 is 3.00 bits per heavy atom. The molecule has 0 aliphatic carbocycles. The average Bonchev–Trinajstić information content (AvgIpc) is 2.88. The zero-order chi connectivity index (χ0) is 14.5. The van der Waals surface area contributed by atoms with Crippen LogP contribution in [0.15, 0.2) is 12.1 Å². The zero-order valence-electron chi connectivity index (χ0n) is 11.9. The number of anilines is 2. The van der Waals surface area contributed by atoms with E-state index in [1.807, 2.05) is 6.92 Å². The Hall–Kier alpha value is -1.49. The number of nitrogens with zero attached hydrogens (tertiary/aromatic N) is 1. The van der Waals surface area contributed by atoms with Gasteiger partial charge in [-0.1, -0.05) is 0 Å². The molecule has 112 valence electrons. The van der Waals surface area contributed by atoms with Gasteiger partial charge >= 0.3 is 0 Å². The van der Waals surface area contributed by atoms with Crippen LogP contribution >= 0.6 is 0 Å². The first-order valence-electron chi connectivity index (χ1n) is 7.26. The molecule has 0 amide bonds. The van der Waals surface area contributed by atoms with Gasteiger partial charge in [-0.05, 0) is 32.6 Å². The third-order valence-corrected chi connectivity index (χ3v) is 3.76. The normalized spacial score (nSPS) is 18.6. The number of nitrogens with two attached hydrogens (primary N) is 1. The predicted molar refractivity (Wildman–Crippen MR) is 78.7 cm³/mol. The maximum Gasteiger partial charge on any atom is 0.167 e. The van der Waals surface area contributed by atoms with Crippen LogP contribution in [0.5, 0.6) is 5.75 Å². The Balaban J connectivity index is 2.24. The van der Waals surface area contributed by atoms with Crippen LogP contribution in [0.25, 0.3) is 0 Å². The predicted octanol–water partition coefficient (Wildman–Crippen LogP) is 2.55. The van der Waals surface area contributed by atoms with Gasteiger partial charge in [0.15, 0.2) is 11.6 Å². The molecule has 3 N–H and O–H groups in total. The number of aliphatic hydroxyl groups is 1. The number of hydrogen-bond acceptors (Lipinski definition) is 4. The van der Waals surface area contributed by atoms with Crippen molar-refractivity contribution in [2.24, 2.45) is 0 Å². The van der Waals surface area contributed by atoms with Gasteiger partial charge < -0.3 is 20.5 Å². The second kappa shape index (κ2) is 6.79. The molecule has 0 saturated carbocycles.